The lowest BCUT2D eigenvalue weighted by molar-refractivity contribution is -0.150. The zero-order valence-corrected chi connectivity index (χ0v) is 10.5. The maximum atomic E-state index is 11.8. The van der Waals surface area contributed by atoms with E-state index in [-0.39, 0.29) is 24.0 Å². The second-order valence-corrected chi connectivity index (χ2v) is 5.14. The minimum atomic E-state index is -0.407. The summed E-state index contributed by atoms with van der Waals surface area (Å²) in [7, 11) is 1.37. The van der Waals surface area contributed by atoms with Crippen LogP contribution in [0, 0.1) is 17.8 Å². The third kappa shape index (κ3) is 2.31. The van der Waals surface area contributed by atoms with Gasteiger partial charge in [0.1, 0.15) is 12.0 Å². The van der Waals surface area contributed by atoms with E-state index in [9.17, 15) is 9.59 Å². The lowest BCUT2D eigenvalue weighted by Gasteiger charge is -2.29. The van der Waals surface area contributed by atoms with Crippen LogP contribution >= 0.6 is 0 Å². The van der Waals surface area contributed by atoms with Gasteiger partial charge in [0.05, 0.1) is 13.0 Å². The largest absolute Gasteiger partial charge is 0.469 e. The van der Waals surface area contributed by atoms with Crippen molar-refractivity contribution >= 4 is 11.9 Å². The second kappa shape index (κ2) is 5.07. The zero-order valence-electron chi connectivity index (χ0n) is 10.5. The van der Waals surface area contributed by atoms with E-state index >= 15 is 0 Å². The van der Waals surface area contributed by atoms with Crippen molar-refractivity contribution in [2.24, 2.45) is 17.8 Å². The first-order valence-electron chi connectivity index (χ1n) is 6.43. The molecule has 1 saturated carbocycles. The van der Waals surface area contributed by atoms with Crippen LogP contribution in [0.1, 0.15) is 39.0 Å². The summed E-state index contributed by atoms with van der Waals surface area (Å²) in [5.41, 5.74) is 0. The minimum absolute atomic E-state index is 0.254. The average molecular weight is 240 g/mol. The van der Waals surface area contributed by atoms with Gasteiger partial charge in [-0.1, -0.05) is 26.2 Å². The summed E-state index contributed by atoms with van der Waals surface area (Å²) in [4.78, 5) is 23.4. The Kier molecular flexibility index (Phi) is 3.69. The number of cyclic esters (lactones) is 1. The van der Waals surface area contributed by atoms with Crippen molar-refractivity contribution in [1.29, 1.82) is 0 Å². The van der Waals surface area contributed by atoms with Crippen molar-refractivity contribution in [2.45, 2.75) is 45.1 Å². The Morgan fingerprint density at radius 3 is 2.53 bits per heavy atom. The van der Waals surface area contributed by atoms with Crippen LogP contribution in [0.3, 0.4) is 0 Å². The lowest BCUT2D eigenvalue weighted by atomic mass is 9.78. The molecule has 2 rings (SSSR count). The molecular formula is C13H20O4. The van der Waals surface area contributed by atoms with Gasteiger partial charge in [0, 0.05) is 0 Å². The molecule has 0 amide bonds. The standard InChI is InChI=1S/C13H20O4/c1-8-10(13(15)16-2)11(17-12(8)14)9-6-4-3-5-7-9/h8-11H,3-7H2,1-2H3/t8-,10+,11+/m0/s1. The number of hydrogen-bond acceptors (Lipinski definition) is 4. The third-order valence-electron chi connectivity index (χ3n) is 4.10. The molecule has 0 N–H and O–H groups in total. The smallest absolute Gasteiger partial charge is 0.313 e. The van der Waals surface area contributed by atoms with Crippen molar-refractivity contribution in [1.82, 2.24) is 0 Å². The number of esters is 2. The molecule has 1 heterocycles. The molecule has 2 aliphatic rings. The van der Waals surface area contributed by atoms with Crippen LogP contribution < -0.4 is 0 Å². The van der Waals surface area contributed by atoms with Gasteiger partial charge in [-0.2, -0.15) is 0 Å². The van der Waals surface area contributed by atoms with Gasteiger partial charge in [-0.05, 0) is 18.8 Å². The molecule has 1 saturated heterocycles. The van der Waals surface area contributed by atoms with E-state index in [1.807, 2.05) is 0 Å². The highest BCUT2D eigenvalue weighted by Gasteiger charge is 2.50. The third-order valence-corrected chi connectivity index (χ3v) is 4.10. The summed E-state index contributed by atoms with van der Waals surface area (Å²) in [6.07, 6.45) is 5.43. The summed E-state index contributed by atoms with van der Waals surface area (Å²) < 4.78 is 10.2. The molecular weight excluding hydrogens is 220 g/mol. The van der Waals surface area contributed by atoms with Crippen LogP contribution in [0.4, 0.5) is 0 Å². The van der Waals surface area contributed by atoms with Crippen molar-refractivity contribution < 1.29 is 19.1 Å². The van der Waals surface area contributed by atoms with E-state index in [0.717, 1.165) is 12.8 Å². The van der Waals surface area contributed by atoms with Gasteiger partial charge in [-0.15, -0.1) is 0 Å². The molecule has 17 heavy (non-hydrogen) atoms. The molecule has 1 aliphatic carbocycles. The molecule has 0 spiro atoms. The highest BCUT2D eigenvalue weighted by Crippen LogP contribution is 2.39. The predicted molar refractivity (Wildman–Crippen MR) is 61.1 cm³/mol. The normalized spacial score (nSPS) is 34.5. The van der Waals surface area contributed by atoms with Crippen LogP contribution in [0.25, 0.3) is 0 Å². The van der Waals surface area contributed by atoms with Crippen LogP contribution in [0.5, 0.6) is 0 Å². The van der Waals surface area contributed by atoms with E-state index in [4.69, 9.17) is 9.47 Å². The molecule has 96 valence electrons. The molecule has 3 atom stereocenters. The van der Waals surface area contributed by atoms with Crippen LogP contribution in [-0.4, -0.2) is 25.2 Å². The van der Waals surface area contributed by atoms with Gasteiger partial charge in [-0.25, -0.2) is 0 Å². The Morgan fingerprint density at radius 1 is 1.29 bits per heavy atom. The van der Waals surface area contributed by atoms with E-state index in [2.05, 4.69) is 0 Å². The zero-order chi connectivity index (χ0) is 12.4. The number of methoxy groups -OCH3 is 1. The fraction of sp³-hybridized carbons (Fsp3) is 0.846. The monoisotopic (exact) mass is 240 g/mol. The maximum Gasteiger partial charge on any atom is 0.313 e. The Morgan fingerprint density at radius 2 is 1.94 bits per heavy atom. The van der Waals surface area contributed by atoms with Crippen molar-refractivity contribution in [3.05, 3.63) is 0 Å². The Hall–Kier alpha value is -1.06. The number of carbonyl (C=O) groups is 2. The molecule has 4 heteroatoms. The number of ether oxygens (including phenoxy) is 2. The van der Waals surface area contributed by atoms with Crippen LogP contribution in [0.2, 0.25) is 0 Å². The van der Waals surface area contributed by atoms with Crippen molar-refractivity contribution in [2.75, 3.05) is 7.11 Å². The minimum Gasteiger partial charge on any atom is -0.469 e. The number of rotatable bonds is 2. The Bertz CT molecular complexity index is 307. The molecule has 0 aromatic carbocycles. The summed E-state index contributed by atoms with van der Waals surface area (Å²) in [5, 5.41) is 0. The van der Waals surface area contributed by atoms with Gasteiger partial charge in [0.25, 0.3) is 0 Å². The highest BCUT2D eigenvalue weighted by atomic mass is 16.6. The van der Waals surface area contributed by atoms with Crippen LogP contribution in [0.15, 0.2) is 0 Å². The number of hydrogen-bond donors (Lipinski definition) is 0. The van der Waals surface area contributed by atoms with Gasteiger partial charge in [-0.3, -0.25) is 9.59 Å². The first kappa shape index (κ1) is 12.4. The molecule has 2 fully saturated rings. The van der Waals surface area contributed by atoms with Gasteiger partial charge in [0.2, 0.25) is 0 Å². The average Bonchev–Trinajstić information content (AvgIpc) is 2.66. The SMILES string of the molecule is COC(=O)[C@@H]1[C@H](C)C(=O)O[C@@H]1C1CCCCC1. The quantitative estimate of drug-likeness (QED) is 0.692. The van der Waals surface area contributed by atoms with E-state index < -0.39 is 5.92 Å². The summed E-state index contributed by atoms with van der Waals surface area (Å²) in [5.74, 6) is -0.998. The second-order valence-electron chi connectivity index (χ2n) is 5.14. The van der Waals surface area contributed by atoms with Gasteiger partial charge in [0.15, 0.2) is 0 Å². The van der Waals surface area contributed by atoms with Crippen LogP contribution in [-0.2, 0) is 19.1 Å². The molecule has 4 nitrogen and oxygen atoms in total. The van der Waals surface area contributed by atoms with Crippen molar-refractivity contribution in [3.63, 3.8) is 0 Å². The summed E-state index contributed by atoms with van der Waals surface area (Å²) in [6, 6.07) is 0. The molecule has 0 bridgehead atoms. The predicted octanol–water partition coefficient (Wildman–Crippen LogP) is 1.92. The maximum absolute atomic E-state index is 11.8. The van der Waals surface area contributed by atoms with E-state index in [0.29, 0.717) is 5.92 Å². The van der Waals surface area contributed by atoms with Gasteiger partial charge < -0.3 is 9.47 Å². The molecule has 0 aromatic rings. The molecule has 0 aromatic heterocycles. The van der Waals surface area contributed by atoms with Crippen molar-refractivity contribution in [3.8, 4) is 0 Å². The number of carbonyl (C=O) groups excluding carboxylic acids is 2. The topological polar surface area (TPSA) is 52.6 Å². The Labute approximate surface area is 102 Å². The summed E-state index contributed by atoms with van der Waals surface area (Å²) >= 11 is 0. The summed E-state index contributed by atoms with van der Waals surface area (Å²) in [6.45, 7) is 1.76. The molecule has 0 radical (unpaired) electrons. The molecule has 0 unspecified atom stereocenters. The first-order chi connectivity index (χ1) is 8.15. The van der Waals surface area contributed by atoms with E-state index in [1.165, 1.54) is 26.4 Å². The van der Waals surface area contributed by atoms with E-state index in [1.54, 1.807) is 6.92 Å². The Balaban J connectivity index is 2.13. The fourth-order valence-corrected chi connectivity index (χ4v) is 3.07. The highest BCUT2D eigenvalue weighted by molar-refractivity contribution is 5.85. The fourth-order valence-electron chi connectivity index (χ4n) is 3.07. The first-order valence-corrected chi connectivity index (χ1v) is 6.43. The lowest BCUT2D eigenvalue weighted by Crippen LogP contribution is -2.35. The molecule has 1 aliphatic heterocycles. The van der Waals surface area contributed by atoms with Gasteiger partial charge >= 0.3 is 11.9 Å².